The van der Waals surface area contributed by atoms with Crippen LogP contribution in [0.4, 0.5) is 0 Å². The van der Waals surface area contributed by atoms with E-state index in [0.717, 1.165) is 0 Å². The molecule has 4 atom stereocenters. The molecule has 1 aliphatic rings. The second-order valence-corrected chi connectivity index (χ2v) is 7.51. The quantitative estimate of drug-likeness (QED) is 0.422. The Morgan fingerprint density at radius 3 is 1.62 bits per heavy atom. The summed E-state index contributed by atoms with van der Waals surface area (Å²) in [5.74, 6) is -2.04. The molecule has 1 N–H and O–H groups in total. The minimum absolute atomic E-state index is 0.259. The lowest BCUT2D eigenvalue weighted by molar-refractivity contribution is -0.139. The van der Waals surface area contributed by atoms with E-state index in [1.54, 1.807) is 91.0 Å². The molecule has 3 aromatic rings. The molecule has 0 saturated carbocycles. The van der Waals surface area contributed by atoms with Crippen molar-refractivity contribution in [3.8, 4) is 0 Å². The Kier molecular flexibility index (Phi) is 7.31. The molecule has 0 amide bonds. The summed E-state index contributed by atoms with van der Waals surface area (Å²) in [6.45, 7) is -0.336. The lowest BCUT2D eigenvalue weighted by Gasteiger charge is -2.20. The average molecular weight is 462 g/mol. The highest BCUT2D eigenvalue weighted by atomic mass is 16.7. The number of carbonyl (C=O) groups is 3. The third kappa shape index (κ3) is 5.48. The number of esters is 3. The number of benzene rings is 3. The summed E-state index contributed by atoms with van der Waals surface area (Å²) in [5, 5.41) is 10.8. The molecule has 1 unspecified atom stereocenters. The van der Waals surface area contributed by atoms with E-state index in [1.807, 2.05) is 0 Å². The van der Waals surface area contributed by atoms with Crippen molar-refractivity contribution in [1.82, 2.24) is 0 Å². The zero-order chi connectivity index (χ0) is 23.9. The Morgan fingerprint density at radius 1 is 0.676 bits per heavy atom. The van der Waals surface area contributed by atoms with E-state index < -0.39 is 42.5 Å². The van der Waals surface area contributed by atoms with Crippen molar-refractivity contribution in [3.63, 3.8) is 0 Å². The van der Waals surface area contributed by atoms with Gasteiger partial charge in [0, 0.05) is 0 Å². The number of aliphatic hydroxyl groups is 1. The first-order valence-corrected chi connectivity index (χ1v) is 10.6. The fraction of sp³-hybridized carbons (Fsp3) is 0.192. The predicted molar refractivity (Wildman–Crippen MR) is 119 cm³/mol. The van der Waals surface area contributed by atoms with Crippen LogP contribution in [0.15, 0.2) is 91.0 Å². The number of aliphatic hydroxyl groups excluding tert-OH is 1. The third-order valence-electron chi connectivity index (χ3n) is 5.16. The van der Waals surface area contributed by atoms with Crippen LogP contribution in [0, 0.1) is 0 Å². The molecular formula is C26H22O8. The van der Waals surface area contributed by atoms with Gasteiger partial charge in [0.05, 0.1) is 16.7 Å². The van der Waals surface area contributed by atoms with Crippen LogP contribution < -0.4 is 0 Å². The summed E-state index contributed by atoms with van der Waals surface area (Å²) >= 11 is 0. The zero-order valence-electron chi connectivity index (χ0n) is 18.0. The molecule has 1 heterocycles. The standard InChI is InChI=1S/C26H22O8/c27-21-22(33-24(29)18-12-6-2-7-13-18)20(16-31-23(28)17-10-4-1-5-11-17)32-26(21)34-25(30)19-14-8-3-9-15-19/h1-15,20-22,26-27H,16H2/t20-,21+,22?,26-/m1/s1. The van der Waals surface area contributed by atoms with Crippen LogP contribution in [0.2, 0.25) is 0 Å². The average Bonchev–Trinajstić information content (AvgIpc) is 3.17. The molecule has 0 bridgehead atoms. The lowest BCUT2D eigenvalue weighted by Crippen LogP contribution is -2.40. The molecule has 4 rings (SSSR count). The van der Waals surface area contributed by atoms with Crippen molar-refractivity contribution in [2.45, 2.75) is 24.6 Å². The van der Waals surface area contributed by atoms with E-state index in [-0.39, 0.29) is 17.7 Å². The smallest absolute Gasteiger partial charge is 0.340 e. The van der Waals surface area contributed by atoms with Gasteiger partial charge in [-0.15, -0.1) is 0 Å². The van der Waals surface area contributed by atoms with Crippen LogP contribution in [-0.2, 0) is 18.9 Å². The molecular weight excluding hydrogens is 440 g/mol. The van der Waals surface area contributed by atoms with Crippen LogP contribution >= 0.6 is 0 Å². The van der Waals surface area contributed by atoms with Crippen LogP contribution in [0.1, 0.15) is 31.1 Å². The molecule has 0 aliphatic carbocycles. The fourth-order valence-electron chi connectivity index (χ4n) is 3.41. The van der Waals surface area contributed by atoms with Crippen LogP contribution in [0.5, 0.6) is 0 Å². The van der Waals surface area contributed by atoms with E-state index in [0.29, 0.717) is 5.56 Å². The summed E-state index contributed by atoms with van der Waals surface area (Å²) in [4.78, 5) is 37.4. The van der Waals surface area contributed by atoms with Crippen molar-refractivity contribution < 1.29 is 38.4 Å². The maximum atomic E-state index is 12.6. The molecule has 0 aromatic heterocycles. The lowest BCUT2D eigenvalue weighted by atomic mass is 10.1. The SMILES string of the molecule is O=C(OC[C@H]1O[C@H](OC(=O)c2ccccc2)[C@@H](O)C1OC(=O)c1ccccc1)c1ccccc1. The molecule has 1 aliphatic heterocycles. The Bertz CT molecular complexity index is 1120. The molecule has 1 saturated heterocycles. The Balaban J connectivity index is 1.47. The van der Waals surface area contributed by atoms with Crippen LogP contribution in [0.25, 0.3) is 0 Å². The fourth-order valence-corrected chi connectivity index (χ4v) is 3.41. The van der Waals surface area contributed by atoms with Crippen molar-refractivity contribution in [1.29, 1.82) is 0 Å². The number of ether oxygens (including phenoxy) is 4. The van der Waals surface area contributed by atoms with Crippen molar-refractivity contribution in [2.75, 3.05) is 6.61 Å². The molecule has 8 nitrogen and oxygen atoms in total. The molecule has 0 spiro atoms. The highest BCUT2D eigenvalue weighted by Gasteiger charge is 2.49. The van der Waals surface area contributed by atoms with Gasteiger partial charge in [0.15, 0.2) is 12.2 Å². The predicted octanol–water partition coefficient (Wildman–Crippen LogP) is 3.01. The topological polar surface area (TPSA) is 108 Å². The largest absolute Gasteiger partial charge is 0.459 e. The van der Waals surface area contributed by atoms with E-state index in [9.17, 15) is 19.5 Å². The molecule has 3 aromatic carbocycles. The van der Waals surface area contributed by atoms with Crippen LogP contribution in [0.3, 0.4) is 0 Å². The van der Waals surface area contributed by atoms with Gasteiger partial charge in [-0.25, -0.2) is 14.4 Å². The maximum absolute atomic E-state index is 12.6. The number of rotatable bonds is 7. The molecule has 0 radical (unpaired) electrons. The molecule has 1 fully saturated rings. The Hall–Kier alpha value is -4.01. The van der Waals surface area contributed by atoms with Crippen molar-refractivity contribution in [3.05, 3.63) is 108 Å². The molecule has 8 heteroatoms. The van der Waals surface area contributed by atoms with E-state index in [1.165, 1.54) is 0 Å². The monoisotopic (exact) mass is 462 g/mol. The van der Waals surface area contributed by atoms with Gasteiger partial charge in [0.2, 0.25) is 6.29 Å². The minimum atomic E-state index is -1.50. The normalized spacial score (nSPS) is 21.4. The number of hydrogen-bond donors (Lipinski definition) is 1. The first-order chi connectivity index (χ1) is 16.5. The highest BCUT2D eigenvalue weighted by Crippen LogP contribution is 2.27. The van der Waals surface area contributed by atoms with Gasteiger partial charge in [-0.1, -0.05) is 54.6 Å². The zero-order valence-corrected chi connectivity index (χ0v) is 18.0. The van der Waals surface area contributed by atoms with E-state index in [4.69, 9.17) is 18.9 Å². The third-order valence-corrected chi connectivity index (χ3v) is 5.16. The Labute approximate surface area is 195 Å². The maximum Gasteiger partial charge on any atom is 0.340 e. The van der Waals surface area contributed by atoms with E-state index in [2.05, 4.69) is 0 Å². The summed E-state index contributed by atoms with van der Waals surface area (Å²) < 4.78 is 21.8. The highest BCUT2D eigenvalue weighted by molar-refractivity contribution is 5.90. The van der Waals surface area contributed by atoms with Gasteiger partial charge < -0.3 is 24.1 Å². The second-order valence-electron chi connectivity index (χ2n) is 7.51. The van der Waals surface area contributed by atoms with Crippen molar-refractivity contribution >= 4 is 17.9 Å². The van der Waals surface area contributed by atoms with Gasteiger partial charge in [-0.3, -0.25) is 0 Å². The summed E-state index contributed by atoms with van der Waals surface area (Å²) in [6, 6.07) is 24.7. The van der Waals surface area contributed by atoms with E-state index >= 15 is 0 Å². The van der Waals surface area contributed by atoms with Gasteiger partial charge in [-0.2, -0.15) is 0 Å². The van der Waals surface area contributed by atoms with Crippen molar-refractivity contribution in [2.24, 2.45) is 0 Å². The van der Waals surface area contributed by atoms with Crippen LogP contribution in [-0.4, -0.2) is 54.2 Å². The molecule has 174 valence electrons. The van der Waals surface area contributed by atoms with Gasteiger partial charge >= 0.3 is 17.9 Å². The first-order valence-electron chi connectivity index (χ1n) is 10.6. The summed E-state index contributed by atoms with van der Waals surface area (Å²) in [7, 11) is 0. The van der Waals surface area contributed by atoms with Gasteiger partial charge in [0.25, 0.3) is 0 Å². The number of hydrogen-bond acceptors (Lipinski definition) is 8. The van der Waals surface area contributed by atoms with Gasteiger partial charge in [-0.05, 0) is 36.4 Å². The molecule has 34 heavy (non-hydrogen) atoms. The second kappa shape index (κ2) is 10.7. The Morgan fingerprint density at radius 2 is 1.12 bits per heavy atom. The minimum Gasteiger partial charge on any atom is -0.459 e. The first kappa shape index (κ1) is 23.2. The summed E-state index contributed by atoms with van der Waals surface area (Å²) in [6.07, 6.45) is -5.24. The number of carbonyl (C=O) groups excluding carboxylic acids is 3. The summed E-state index contributed by atoms with van der Waals surface area (Å²) in [5.41, 5.74) is 0.848. The van der Waals surface area contributed by atoms with Gasteiger partial charge in [0.1, 0.15) is 12.7 Å².